The predicted octanol–water partition coefficient (Wildman–Crippen LogP) is 3.28. The summed E-state index contributed by atoms with van der Waals surface area (Å²) in [6.45, 7) is 0.281. The van der Waals surface area contributed by atoms with Crippen LogP contribution in [0.4, 0.5) is 4.79 Å². The Bertz CT molecular complexity index is 643. The van der Waals surface area contributed by atoms with Crippen molar-refractivity contribution in [3.63, 3.8) is 0 Å². The maximum Gasteiger partial charge on any atom is 0.407 e. The SMILES string of the molecule is COC(=O)[C@]12CC3C[C@H](C1)C(NC(=O)OCc1ccccc1)[C@@H](C3)C2. The summed E-state index contributed by atoms with van der Waals surface area (Å²) in [5.41, 5.74) is 0.671. The number of methoxy groups -OCH3 is 1. The molecule has 0 spiro atoms. The largest absolute Gasteiger partial charge is 0.469 e. The standard InChI is InChI=1S/C20H25NO4/c1-24-18(22)20-9-14-7-15(10-20)17(16(8-14)11-20)21-19(23)25-12-13-5-3-2-4-6-13/h2-6,14-17H,7-12H2,1H3,(H,21,23)/t14?,15-,16+,17?,20-. The highest BCUT2D eigenvalue weighted by Gasteiger charge is 2.59. The van der Waals surface area contributed by atoms with Gasteiger partial charge in [-0.05, 0) is 55.4 Å². The lowest BCUT2D eigenvalue weighted by molar-refractivity contribution is -0.170. The first-order valence-corrected chi connectivity index (χ1v) is 9.15. The molecule has 1 N–H and O–H groups in total. The summed E-state index contributed by atoms with van der Waals surface area (Å²) in [4.78, 5) is 24.6. The highest BCUT2D eigenvalue weighted by atomic mass is 16.5. The summed E-state index contributed by atoms with van der Waals surface area (Å²) >= 11 is 0. The van der Waals surface area contributed by atoms with E-state index >= 15 is 0 Å². The molecule has 5 heteroatoms. The molecular weight excluding hydrogens is 318 g/mol. The van der Waals surface area contributed by atoms with Gasteiger partial charge in [0.1, 0.15) is 6.61 Å². The van der Waals surface area contributed by atoms with Crippen LogP contribution in [-0.2, 0) is 20.9 Å². The molecule has 1 amide bonds. The Balaban J connectivity index is 1.38. The second-order valence-corrected chi connectivity index (χ2v) is 7.97. The van der Waals surface area contributed by atoms with Gasteiger partial charge in [-0.1, -0.05) is 30.3 Å². The monoisotopic (exact) mass is 343 g/mol. The number of carbonyl (C=O) groups is 2. The maximum absolute atomic E-state index is 12.3. The molecule has 4 bridgehead atoms. The second kappa shape index (κ2) is 6.36. The molecule has 2 unspecified atom stereocenters. The van der Waals surface area contributed by atoms with Gasteiger partial charge in [-0.2, -0.15) is 0 Å². The molecule has 0 aliphatic heterocycles. The summed E-state index contributed by atoms with van der Waals surface area (Å²) < 4.78 is 10.5. The summed E-state index contributed by atoms with van der Waals surface area (Å²) in [5.74, 6) is 1.25. The van der Waals surface area contributed by atoms with E-state index in [4.69, 9.17) is 9.47 Å². The third kappa shape index (κ3) is 3.00. The molecule has 4 fully saturated rings. The lowest BCUT2D eigenvalue weighted by Gasteiger charge is -2.58. The highest BCUT2D eigenvalue weighted by molar-refractivity contribution is 5.77. The number of alkyl carbamates (subject to hydrolysis) is 1. The molecule has 0 saturated heterocycles. The Hall–Kier alpha value is -2.04. The first kappa shape index (κ1) is 16.4. The number of ether oxygens (including phenoxy) is 2. The lowest BCUT2D eigenvalue weighted by Crippen LogP contribution is -2.61. The van der Waals surface area contributed by atoms with Crippen LogP contribution in [0.15, 0.2) is 30.3 Å². The van der Waals surface area contributed by atoms with E-state index in [2.05, 4.69) is 5.32 Å². The number of rotatable bonds is 4. The van der Waals surface area contributed by atoms with Gasteiger partial charge >= 0.3 is 12.1 Å². The molecular formula is C20H25NO4. The molecule has 1 aromatic carbocycles. The van der Waals surface area contributed by atoms with Crippen molar-refractivity contribution in [1.82, 2.24) is 5.32 Å². The Morgan fingerprint density at radius 2 is 1.80 bits per heavy atom. The summed E-state index contributed by atoms with van der Waals surface area (Å²) in [6.07, 6.45) is 4.45. The van der Waals surface area contributed by atoms with Crippen molar-refractivity contribution >= 4 is 12.1 Å². The van der Waals surface area contributed by atoms with Crippen molar-refractivity contribution in [2.24, 2.45) is 23.2 Å². The van der Waals surface area contributed by atoms with Gasteiger partial charge in [-0.15, -0.1) is 0 Å². The number of benzene rings is 1. The fraction of sp³-hybridized carbons (Fsp3) is 0.600. The van der Waals surface area contributed by atoms with Crippen molar-refractivity contribution in [3.8, 4) is 0 Å². The zero-order valence-corrected chi connectivity index (χ0v) is 14.6. The minimum absolute atomic E-state index is 0.0583. The van der Waals surface area contributed by atoms with Crippen LogP contribution in [0.25, 0.3) is 0 Å². The summed E-state index contributed by atoms with van der Waals surface area (Å²) in [6, 6.07) is 9.81. The van der Waals surface area contributed by atoms with Crippen LogP contribution in [0.2, 0.25) is 0 Å². The number of amides is 1. The van der Waals surface area contributed by atoms with E-state index in [1.54, 1.807) is 0 Å². The fourth-order valence-corrected chi connectivity index (χ4v) is 5.63. The van der Waals surface area contributed by atoms with Gasteiger partial charge in [-0.3, -0.25) is 4.79 Å². The lowest BCUT2D eigenvalue weighted by atomic mass is 9.48. The van der Waals surface area contributed by atoms with Crippen molar-refractivity contribution in [1.29, 1.82) is 0 Å². The van der Waals surface area contributed by atoms with Crippen LogP contribution in [0.5, 0.6) is 0 Å². The van der Waals surface area contributed by atoms with Crippen molar-refractivity contribution in [2.45, 2.75) is 44.8 Å². The first-order valence-electron chi connectivity index (χ1n) is 9.15. The van der Waals surface area contributed by atoms with Crippen LogP contribution < -0.4 is 5.32 Å². The maximum atomic E-state index is 12.3. The number of nitrogens with one attached hydrogen (secondary N) is 1. The normalized spacial score (nSPS) is 35.2. The first-order chi connectivity index (χ1) is 12.1. The molecule has 5 atom stereocenters. The number of hydrogen-bond acceptors (Lipinski definition) is 4. The number of esters is 1. The molecule has 5 nitrogen and oxygen atoms in total. The molecule has 134 valence electrons. The van der Waals surface area contributed by atoms with Crippen LogP contribution >= 0.6 is 0 Å². The molecule has 4 saturated carbocycles. The predicted molar refractivity (Wildman–Crippen MR) is 91.6 cm³/mol. The molecule has 1 aromatic rings. The Morgan fingerprint density at radius 1 is 1.12 bits per heavy atom. The Labute approximate surface area is 148 Å². The van der Waals surface area contributed by atoms with Crippen LogP contribution in [0.1, 0.15) is 37.7 Å². The summed E-state index contributed by atoms with van der Waals surface area (Å²) in [7, 11) is 1.48. The van der Waals surface area contributed by atoms with Crippen LogP contribution in [0.3, 0.4) is 0 Å². The zero-order valence-electron chi connectivity index (χ0n) is 14.6. The zero-order chi connectivity index (χ0) is 17.4. The van der Waals surface area contributed by atoms with E-state index < -0.39 is 0 Å². The topological polar surface area (TPSA) is 64.6 Å². The third-order valence-electron chi connectivity index (χ3n) is 6.39. The Kier molecular flexibility index (Phi) is 4.18. The molecule has 25 heavy (non-hydrogen) atoms. The fourth-order valence-electron chi connectivity index (χ4n) is 5.63. The van der Waals surface area contributed by atoms with Gasteiger partial charge < -0.3 is 14.8 Å². The molecule has 4 aliphatic carbocycles. The van der Waals surface area contributed by atoms with Gasteiger partial charge in [0.25, 0.3) is 0 Å². The van der Waals surface area contributed by atoms with Crippen molar-refractivity contribution in [2.75, 3.05) is 7.11 Å². The van der Waals surface area contributed by atoms with E-state index in [9.17, 15) is 9.59 Å². The van der Waals surface area contributed by atoms with Crippen LogP contribution in [-0.4, -0.2) is 25.2 Å². The van der Waals surface area contributed by atoms with E-state index in [0.717, 1.165) is 37.7 Å². The molecule has 0 heterocycles. The van der Waals surface area contributed by atoms with Crippen molar-refractivity contribution in [3.05, 3.63) is 35.9 Å². The molecule has 0 aromatic heterocycles. The number of hydrogen-bond donors (Lipinski definition) is 1. The van der Waals surface area contributed by atoms with Gasteiger partial charge in [0.15, 0.2) is 0 Å². The minimum atomic E-state index is -0.353. The van der Waals surface area contributed by atoms with Crippen molar-refractivity contribution < 1.29 is 19.1 Å². The highest BCUT2D eigenvalue weighted by Crippen LogP contribution is 2.60. The summed E-state index contributed by atoms with van der Waals surface area (Å²) in [5, 5.41) is 3.09. The Morgan fingerprint density at radius 3 is 2.44 bits per heavy atom. The van der Waals surface area contributed by atoms with Gasteiger partial charge in [0.2, 0.25) is 0 Å². The average molecular weight is 343 g/mol. The van der Waals surface area contributed by atoms with Gasteiger partial charge in [-0.25, -0.2) is 4.79 Å². The number of carbonyl (C=O) groups excluding carboxylic acids is 2. The van der Waals surface area contributed by atoms with E-state index in [-0.39, 0.29) is 30.1 Å². The van der Waals surface area contributed by atoms with E-state index in [1.807, 2.05) is 30.3 Å². The molecule has 5 rings (SSSR count). The second-order valence-electron chi connectivity index (χ2n) is 7.97. The third-order valence-corrected chi connectivity index (χ3v) is 6.39. The molecule has 4 aliphatic rings. The minimum Gasteiger partial charge on any atom is -0.469 e. The average Bonchev–Trinajstić information content (AvgIpc) is 2.62. The van der Waals surface area contributed by atoms with E-state index in [1.165, 1.54) is 7.11 Å². The smallest absolute Gasteiger partial charge is 0.407 e. The quantitative estimate of drug-likeness (QED) is 0.852. The van der Waals surface area contributed by atoms with Gasteiger partial charge in [0.05, 0.1) is 12.5 Å². The van der Waals surface area contributed by atoms with E-state index in [0.29, 0.717) is 17.8 Å². The van der Waals surface area contributed by atoms with Gasteiger partial charge in [0, 0.05) is 6.04 Å². The van der Waals surface area contributed by atoms with Crippen LogP contribution in [0, 0.1) is 23.2 Å². The molecule has 0 radical (unpaired) electrons.